The van der Waals surface area contributed by atoms with Gasteiger partial charge in [0.15, 0.2) is 0 Å². The largest absolute Gasteiger partial charge is 0.317 e. The Morgan fingerprint density at radius 1 is 0.958 bits per heavy atom. The summed E-state index contributed by atoms with van der Waals surface area (Å²) in [6.07, 6.45) is 3.07. The fourth-order valence-electron chi connectivity index (χ4n) is 2.47. The van der Waals surface area contributed by atoms with Crippen molar-refractivity contribution >= 4 is 34.1 Å². The SMILES string of the molecule is O=C(C=Cc1cccc2ccccc12)Nc1ccccc1[N+](=O)[O-]. The molecule has 0 bridgehead atoms. The van der Waals surface area contributed by atoms with Crippen molar-refractivity contribution in [1.82, 2.24) is 0 Å². The maximum atomic E-state index is 12.1. The highest BCUT2D eigenvalue weighted by Crippen LogP contribution is 2.23. The molecule has 5 heteroatoms. The first kappa shape index (κ1) is 15.4. The number of carbonyl (C=O) groups is 1. The van der Waals surface area contributed by atoms with Crippen LogP contribution in [0.2, 0.25) is 0 Å². The van der Waals surface area contributed by atoms with E-state index in [4.69, 9.17) is 0 Å². The van der Waals surface area contributed by atoms with Crippen LogP contribution in [0.5, 0.6) is 0 Å². The van der Waals surface area contributed by atoms with E-state index < -0.39 is 10.8 Å². The Morgan fingerprint density at radius 2 is 1.67 bits per heavy atom. The molecule has 1 amide bonds. The van der Waals surface area contributed by atoms with Gasteiger partial charge in [0.2, 0.25) is 5.91 Å². The zero-order valence-corrected chi connectivity index (χ0v) is 12.7. The van der Waals surface area contributed by atoms with Gasteiger partial charge in [-0.3, -0.25) is 14.9 Å². The summed E-state index contributed by atoms with van der Waals surface area (Å²) in [5.74, 6) is -0.419. The van der Waals surface area contributed by atoms with Crippen molar-refractivity contribution in [3.63, 3.8) is 0 Å². The van der Waals surface area contributed by atoms with Gasteiger partial charge in [0.25, 0.3) is 5.69 Å². The highest BCUT2D eigenvalue weighted by atomic mass is 16.6. The molecule has 0 radical (unpaired) electrons. The predicted octanol–water partition coefficient (Wildman–Crippen LogP) is 4.40. The second kappa shape index (κ2) is 6.75. The molecule has 0 aromatic heterocycles. The summed E-state index contributed by atoms with van der Waals surface area (Å²) in [4.78, 5) is 22.5. The minimum absolute atomic E-state index is 0.135. The Bertz CT molecular complexity index is 943. The minimum atomic E-state index is -0.524. The molecular weight excluding hydrogens is 304 g/mol. The van der Waals surface area contributed by atoms with Gasteiger partial charge in [-0.05, 0) is 28.5 Å². The zero-order chi connectivity index (χ0) is 16.9. The molecule has 5 nitrogen and oxygen atoms in total. The number of benzene rings is 3. The average Bonchev–Trinajstić information content (AvgIpc) is 2.60. The van der Waals surface area contributed by atoms with Crippen molar-refractivity contribution in [1.29, 1.82) is 0 Å². The molecule has 0 saturated carbocycles. The molecule has 0 aliphatic rings. The Labute approximate surface area is 138 Å². The number of nitrogens with one attached hydrogen (secondary N) is 1. The van der Waals surface area contributed by atoms with E-state index in [1.165, 1.54) is 18.2 Å². The van der Waals surface area contributed by atoms with Crippen molar-refractivity contribution in [2.45, 2.75) is 0 Å². The molecule has 0 unspecified atom stereocenters. The van der Waals surface area contributed by atoms with Gasteiger partial charge in [0.1, 0.15) is 5.69 Å². The summed E-state index contributed by atoms with van der Waals surface area (Å²) in [5.41, 5.74) is 0.949. The fraction of sp³-hybridized carbons (Fsp3) is 0. The third-order valence-corrected chi connectivity index (χ3v) is 3.60. The number of hydrogen-bond acceptors (Lipinski definition) is 3. The molecule has 3 aromatic rings. The van der Waals surface area contributed by atoms with Crippen molar-refractivity contribution in [3.05, 3.63) is 88.5 Å². The highest BCUT2D eigenvalue weighted by Gasteiger charge is 2.13. The van der Waals surface area contributed by atoms with Gasteiger partial charge in [-0.1, -0.05) is 54.6 Å². The summed E-state index contributed by atoms with van der Waals surface area (Å²) in [5, 5.41) is 15.6. The monoisotopic (exact) mass is 318 g/mol. The molecule has 0 aliphatic carbocycles. The van der Waals surface area contributed by atoms with Crippen LogP contribution in [0.1, 0.15) is 5.56 Å². The predicted molar refractivity (Wildman–Crippen MR) is 94.7 cm³/mol. The van der Waals surface area contributed by atoms with Gasteiger partial charge in [-0.25, -0.2) is 0 Å². The lowest BCUT2D eigenvalue weighted by atomic mass is 10.0. The first-order chi connectivity index (χ1) is 11.6. The molecule has 0 saturated heterocycles. The van der Waals surface area contributed by atoms with Crippen molar-refractivity contribution < 1.29 is 9.72 Å². The lowest BCUT2D eigenvalue weighted by molar-refractivity contribution is -0.383. The maximum absolute atomic E-state index is 12.1. The van der Waals surface area contributed by atoms with E-state index in [1.54, 1.807) is 18.2 Å². The molecule has 0 atom stereocenters. The van der Waals surface area contributed by atoms with E-state index in [1.807, 2.05) is 42.5 Å². The molecule has 0 aliphatic heterocycles. The van der Waals surface area contributed by atoms with E-state index in [0.29, 0.717) is 0 Å². The van der Waals surface area contributed by atoms with Gasteiger partial charge in [-0.15, -0.1) is 0 Å². The molecule has 1 N–H and O–H groups in total. The van der Waals surface area contributed by atoms with Gasteiger partial charge in [-0.2, -0.15) is 0 Å². The summed E-state index contributed by atoms with van der Waals surface area (Å²) < 4.78 is 0. The topological polar surface area (TPSA) is 72.2 Å². The first-order valence-electron chi connectivity index (χ1n) is 7.35. The maximum Gasteiger partial charge on any atom is 0.292 e. The number of para-hydroxylation sites is 2. The van der Waals surface area contributed by atoms with Crippen LogP contribution in [-0.2, 0) is 4.79 Å². The van der Waals surface area contributed by atoms with E-state index in [2.05, 4.69) is 5.32 Å². The van der Waals surface area contributed by atoms with Gasteiger partial charge < -0.3 is 5.32 Å². The Balaban J connectivity index is 1.82. The number of carbonyl (C=O) groups excluding carboxylic acids is 1. The number of nitro groups is 1. The Morgan fingerprint density at radius 3 is 2.50 bits per heavy atom. The number of nitrogens with zero attached hydrogens (tertiary/aromatic N) is 1. The molecule has 118 valence electrons. The Kier molecular flexibility index (Phi) is 4.34. The van der Waals surface area contributed by atoms with Gasteiger partial charge >= 0.3 is 0 Å². The van der Waals surface area contributed by atoms with Crippen LogP contribution >= 0.6 is 0 Å². The minimum Gasteiger partial charge on any atom is -0.317 e. The highest BCUT2D eigenvalue weighted by molar-refractivity contribution is 6.04. The first-order valence-corrected chi connectivity index (χ1v) is 7.35. The quantitative estimate of drug-likeness (QED) is 0.440. The summed E-state index contributed by atoms with van der Waals surface area (Å²) in [7, 11) is 0. The fourth-order valence-corrected chi connectivity index (χ4v) is 2.47. The summed E-state index contributed by atoms with van der Waals surface area (Å²) in [6.45, 7) is 0. The molecule has 3 rings (SSSR count). The van der Waals surface area contributed by atoms with Crippen molar-refractivity contribution in [2.24, 2.45) is 0 Å². The van der Waals surface area contributed by atoms with Crippen LogP contribution in [0.4, 0.5) is 11.4 Å². The van der Waals surface area contributed by atoms with Crippen molar-refractivity contribution in [3.8, 4) is 0 Å². The van der Waals surface area contributed by atoms with Crippen LogP contribution in [-0.4, -0.2) is 10.8 Å². The van der Waals surface area contributed by atoms with Crippen LogP contribution in [0, 0.1) is 10.1 Å². The van der Waals surface area contributed by atoms with Gasteiger partial charge in [0.05, 0.1) is 4.92 Å². The normalized spacial score (nSPS) is 10.8. The van der Waals surface area contributed by atoms with Gasteiger partial charge in [0, 0.05) is 12.1 Å². The molecule has 24 heavy (non-hydrogen) atoms. The number of rotatable bonds is 4. The summed E-state index contributed by atoms with van der Waals surface area (Å²) in [6, 6.07) is 19.8. The molecule has 0 fully saturated rings. The molecule has 3 aromatic carbocycles. The van der Waals surface area contributed by atoms with Crippen LogP contribution < -0.4 is 5.32 Å². The van der Waals surface area contributed by atoms with Crippen molar-refractivity contribution in [2.75, 3.05) is 5.32 Å². The standard InChI is InChI=1S/C19H14N2O3/c22-19(20-17-10-3-4-11-18(17)21(23)24)13-12-15-8-5-7-14-6-1-2-9-16(14)15/h1-13H,(H,20,22). The summed E-state index contributed by atoms with van der Waals surface area (Å²) >= 11 is 0. The average molecular weight is 318 g/mol. The number of fused-ring (bicyclic) bond motifs is 1. The van der Waals surface area contributed by atoms with E-state index in [0.717, 1.165) is 16.3 Å². The van der Waals surface area contributed by atoms with E-state index in [-0.39, 0.29) is 11.4 Å². The number of amides is 1. The Hall–Kier alpha value is -3.47. The van der Waals surface area contributed by atoms with Crippen LogP contribution in [0.3, 0.4) is 0 Å². The lowest BCUT2D eigenvalue weighted by Gasteiger charge is -2.04. The smallest absolute Gasteiger partial charge is 0.292 e. The molecular formula is C19H14N2O3. The lowest BCUT2D eigenvalue weighted by Crippen LogP contribution is -2.09. The van der Waals surface area contributed by atoms with Crippen LogP contribution in [0.25, 0.3) is 16.8 Å². The van der Waals surface area contributed by atoms with E-state index in [9.17, 15) is 14.9 Å². The zero-order valence-electron chi connectivity index (χ0n) is 12.7. The third kappa shape index (κ3) is 3.30. The second-order valence-corrected chi connectivity index (χ2v) is 5.17. The number of anilines is 1. The third-order valence-electron chi connectivity index (χ3n) is 3.60. The van der Waals surface area contributed by atoms with Crippen LogP contribution in [0.15, 0.2) is 72.8 Å². The van der Waals surface area contributed by atoms with E-state index >= 15 is 0 Å². The number of nitro benzene ring substituents is 1. The molecule has 0 spiro atoms. The number of hydrogen-bond donors (Lipinski definition) is 1. The molecule has 0 heterocycles. The second-order valence-electron chi connectivity index (χ2n) is 5.17.